The largest absolute Gasteiger partial charge is 0.381 e. The lowest BCUT2D eigenvalue weighted by Crippen LogP contribution is -2.45. The first kappa shape index (κ1) is 15.9. The summed E-state index contributed by atoms with van der Waals surface area (Å²) in [5.41, 5.74) is 0.304. The number of likely N-dealkylation sites (N-methyl/N-ethyl adjacent to an activating group) is 1. The molecule has 18 heavy (non-hydrogen) atoms. The average molecular weight is 258 g/mol. The standard InChI is InChI=1S/C14H30N2O2/c1-4-15-11-14(7-9-18-13-14)12-16(5-2)8-10-17-6-3/h15H,4-13H2,1-3H3. The lowest BCUT2D eigenvalue weighted by molar-refractivity contribution is 0.0781. The molecule has 0 amide bonds. The third kappa shape index (κ3) is 5.22. The van der Waals surface area contributed by atoms with Crippen molar-refractivity contribution in [2.75, 3.05) is 59.2 Å². The minimum atomic E-state index is 0.304. The minimum absolute atomic E-state index is 0.304. The number of hydrogen-bond acceptors (Lipinski definition) is 4. The molecule has 0 bridgehead atoms. The molecule has 0 aromatic heterocycles. The first-order chi connectivity index (χ1) is 8.76. The van der Waals surface area contributed by atoms with Crippen LogP contribution in [-0.4, -0.2) is 64.1 Å². The highest BCUT2D eigenvalue weighted by Gasteiger charge is 2.35. The van der Waals surface area contributed by atoms with Gasteiger partial charge in [0.15, 0.2) is 0 Å². The Morgan fingerprint density at radius 2 is 2.17 bits per heavy atom. The molecule has 1 N–H and O–H groups in total. The second-order valence-electron chi connectivity index (χ2n) is 5.15. The van der Waals surface area contributed by atoms with E-state index in [4.69, 9.17) is 9.47 Å². The first-order valence-electron chi connectivity index (χ1n) is 7.35. The van der Waals surface area contributed by atoms with Crippen LogP contribution in [-0.2, 0) is 9.47 Å². The predicted octanol–water partition coefficient (Wildman–Crippen LogP) is 1.36. The SMILES string of the molecule is CCNCC1(CN(CC)CCOCC)CCOC1. The lowest BCUT2D eigenvalue weighted by Gasteiger charge is -2.34. The molecule has 1 fully saturated rings. The molecule has 0 aromatic carbocycles. The quantitative estimate of drug-likeness (QED) is 0.600. The molecule has 1 saturated heterocycles. The van der Waals surface area contributed by atoms with Gasteiger partial charge < -0.3 is 19.7 Å². The smallest absolute Gasteiger partial charge is 0.0593 e. The number of hydrogen-bond donors (Lipinski definition) is 1. The van der Waals surface area contributed by atoms with Crippen molar-refractivity contribution in [1.29, 1.82) is 0 Å². The Hall–Kier alpha value is -0.160. The van der Waals surface area contributed by atoms with Crippen LogP contribution in [0.1, 0.15) is 27.2 Å². The Labute approximate surface area is 112 Å². The fourth-order valence-corrected chi connectivity index (χ4v) is 2.52. The van der Waals surface area contributed by atoms with Gasteiger partial charge in [-0.25, -0.2) is 0 Å². The maximum absolute atomic E-state index is 5.63. The van der Waals surface area contributed by atoms with Crippen molar-refractivity contribution < 1.29 is 9.47 Å². The Kier molecular flexibility index (Phi) is 7.82. The van der Waals surface area contributed by atoms with Crippen LogP contribution in [0.3, 0.4) is 0 Å². The first-order valence-corrected chi connectivity index (χ1v) is 7.35. The Balaban J connectivity index is 2.41. The average Bonchev–Trinajstić information content (AvgIpc) is 2.84. The summed E-state index contributed by atoms with van der Waals surface area (Å²) in [5.74, 6) is 0. The van der Waals surface area contributed by atoms with Gasteiger partial charge in [0.2, 0.25) is 0 Å². The molecule has 0 radical (unpaired) electrons. The highest BCUT2D eigenvalue weighted by Crippen LogP contribution is 2.29. The Morgan fingerprint density at radius 1 is 1.33 bits per heavy atom. The van der Waals surface area contributed by atoms with E-state index in [0.29, 0.717) is 5.41 Å². The van der Waals surface area contributed by atoms with Gasteiger partial charge in [0.05, 0.1) is 13.2 Å². The van der Waals surface area contributed by atoms with E-state index in [-0.39, 0.29) is 0 Å². The van der Waals surface area contributed by atoms with Crippen molar-refractivity contribution >= 4 is 0 Å². The number of ether oxygens (including phenoxy) is 2. The molecule has 1 atom stereocenters. The molecule has 0 saturated carbocycles. The Morgan fingerprint density at radius 3 is 2.72 bits per heavy atom. The molecule has 1 aliphatic heterocycles. The van der Waals surface area contributed by atoms with Crippen LogP contribution >= 0.6 is 0 Å². The summed E-state index contributed by atoms with van der Waals surface area (Å²) < 4.78 is 11.1. The van der Waals surface area contributed by atoms with Gasteiger partial charge in [0.1, 0.15) is 0 Å². The molecular weight excluding hydrogens is 228 g/mol. The van der Waals surface area contributed by atoms with Gasteiger partial charge in [-0.15, -0.1) is 0 Å². The van der Waals surface area contributed by atoms with Gasteiger partial charge in [-0.2, -0.15) is 0 Å². The summed E-state index contributed by atoms with van der Waals surface area (Å²) >= 11 is 0. The number of nitrogens with zero attached hydrogens (tertiary/aromatic N) is 1. The summed E-state index contributed by atoms with van der Waals surface area (Å²) in [5, 5.41) is 3.49. The second-order valence-corrected chi connectivity index (χ2v) is 5.15. The van der Waals surface area contributed by atoms with Gasteiger partial charge in [-0.3, -0.25) is 0 Å². The topological polar surface area (TPSA) is 33.7 Å². The maximum atomic E-state index is 5.63. The summed E-state index contributed by atoms with van der Waals surface area (Å²) in [6, 6.07) is 0. The van der Waals surface area contributed by atoms with Gasteiger partial charge in [-0.05, 0) is 26.4 Å². The van der Waals surface area contributed by atoms with Crippen molar-refractivity contribution in [3.63, 3.8) is 0 Å². The molecule has 0 aromatic rings. The van der Waals surface area contributed by atoms with Crippen LogP contribution in [0.5, 0.6) is 0 Å². The van der Waals surface area contributed by atoms with Crippen LogP contribution in [0.4, 0.5) is 0 Å². The third-order valence-corrected chi connectivity index (χ3v) is 3.70. The van der Waals surface area contributed by atoms with Crippen molar-refractivity contribution in [2.45, 2.75) is 27.2 Å². The van der Waals surface area contributed by atoms with E-state index in [1.54, 1.807) is 0 Å². The van der Waals surface area contributed by atoms with Gasteiger partial charge >= 0.3 is 0 Å². The van der Waals surface area contributed by atoms with Crippen LogP contribution in [0.15, 0.2) is 0 Å². The molecule has 4 nitrogen and oxygen atoms in total. The predicted molar refractivity (Wildman–Crippen MR) is 75.0 cm³/mol. The van der Waals surface area contributed by atoms with Crippen LogP contribution < -0.4 is 5.32 Å². The highest BCUT2D eigenvalue weighted by atomic mass is 16.5. The van der Waals surface area contributed by atoms with Crippen LogP contribution in [0.2, 0.25) is 0 Å². The fourth-order valence-electron chi connectivity index (χ4n) is 2.52. The monoisotopic (exact) mass is 258 g/mol. The number of nitrogens with one attached hydrogen (secondary N) is 1. The van der Waals surface area contributed by atoms with Crippen LogP contribution in [0.25, 0.3) is 0 Å². The minimum Gasteiger partial charge on any atom is -0.381 e. The third-order valence-electron chi connectivity index (χ3n) is 3.70. The van der Waals surface area contributed by atoms with Crippen molar-refractivity contribution in [1.82, 2.24) is 10.2 Å². The van der Waals surface area contributed by atoms with E-state index in [1.807, 2.05) is 6.92 Å². The molecule has 4 heteroatoms. The molecule has 1 heterocycles. The summed E-state index contributed by atoms with van der Waals surface area (Å²) in [7, 11) is 0. The van der Waals surface area contributed by atoms with E-state index in [0.717, 1.165) is 59.2 Å². The number of rotatable bonds is 10. The lowest BCUT2D eigenvalue weighted by atomic mass is 9.86. The molecule has 108 valence electrons. The molecule has 1 aliphatic rings. The molecular formula is C14H30N2O2. The zero-order valence-corrected chi connectivity index (χ0v) is 12.3. The van der Waals surface area contributed by atoms with E-state index < -0.39 is 0 Å². The van der Waals surface area contributed by atoms with Crippen LogP contribution in [0, 0.1) is 5.41 Å². The van der Waals surface area contributed by atoms with Gasteiger partial charge in [0, 0.05) is 38.3 Å². The summed E-state index contributed by atoms with van der Waals surface area (Å²) in [6.07, 6.45) is 1.17. The summed E-state index contributed by atoms with van der Waals surface area (Å²) in [6.45, 7) is 15.2. The zero-order chi connectivity index (χ0) is 13.3. The van der Waals surface area contributed by atoms with E-state index in [2.05, 4.69) is 24.1 Å². The molecule has 0 aliphatic carbocycles. The molecule has 1 unspecified atom stereocenters. The van der Waals surface area contributed by atoms with Crippen molar-refractivity contribution in [3.05, 3.63) is 0 Å². The summed E-state index contributed by atoms with van der Waals surface area (Å²) in [4.78, 5) is 2.49. The molecule has 0 spiro atoms. The van der Waals surface area contributed by atoms with E-state index >= 15 is 0 Å². The second kappa shape index (κ2) is 8.86. The van der Waals surface area contributed by atoms with Crippen molar-refractivity contribution in [2.24, 2.45) is 5.41 Å². The molecule has 1 rings (SSSR count). The van der Waals surface area contributed by atoms with Gasteiger partial charge in [-0.1, -0.05) is 13.8 Å². The normalized spacial score (nSPS) is 24.0. The zero-order valence-electron chi connectivity index (χ0n) is 12.3. The van der Waals surface area contributed by atoms with Gasteiger partial charge in [0.25, 0.3) is 0 Å². The maximum Gasteiger partial charge on any atom is 0.0593 e. The van der Waals surface area contributed by atoms with E-state index in [1.165, 1.54) is 6.42 Å². The van der Waals surface area contributed by atoms with Crippen molar-refractivity contribution in [3.8, 4) is 0 Å². The fraction of sp³-hybridized carbons (Fsp3) is 1.00. The highest BCUT2D eigenvalue weighted by molar-refractivity contribution is 4.88. The Bertz CT molecular complexity index is 206. The van der Waals surface area contributed by atoms with E-state index in [9.17, 15) is 0 Å².